The van der Waals surface area contributed by atoms with Gasteiger partial charge in [-0.1, -0.05) is 48.0 Å². The second-order valence-corrected chi connectivity index (χ2v) is 5.93. The molecule has 0 radical (unpaired) electrons. The molecule has 0 atom stereocenters. The molecule has 0 aromatic rings. The fourth-order valence-corrected chi connectivity index (χ4v) is 1.46. The first-order valence-electron chi connectivity index (χ1n) is 5.05. The van der Waals surface area contributed by atoms with Gasteiger partial charge in [-0.05, 0) is 10.8 Å². The molecule has 0 N–H and O–H groups in total. The van der Waals surface area contributed by atoms with Gasteiger partial charge in [0.05, 0.1) is 0 Å². The SMILES string of the molecule is CC(C)(C)C1=[C-]C(C(C)(C)C)=CC1.[CH3-].[CH3-].[CH3-].[CH3-].[Ta+5]. The van der Waals surface area contributed by atoms with Crippen LogP contribution in [0.3, 0.4) is 0 Å². The van der Waals surface area contributed by atoms with E-state index in [1.165, 1.54) is 11.1 Å². The maximum atomic E-state index is 3.55. The van der Waals surface area contributed by atoms with E-state index in [1.807, 2.05) is 0 Å². The minimum absolute atomic E-state index is 0. The van der Waals surface area contributed by atoms with Gasteiger partial charge in [-0.25, -0.2) is 17.7 Å². The van der Waals surface area contributed by atoms with Crippen molar-refractivity contribution in [2.45, 2.75) is 48.0 Å². The predicted molar refractivity (Wildman–Crippen MR) is 84.0 cm³/mol. The molecule has 1 aliphatic rings. The van der Waals surface area contributed by atoms with Gasteiger partial charge < -0.3 is 29.7 Å². The van der Waals surface area contributed by atoms with Crippen molar-refractivity contribution in [3.63, 3.8) is 0 Å². The van der Waals surface area contributed by atoms with Crippen molar-refractivity contribution in [3.8, 4) is 0 Å². The van der Waals surface area contributed by atoms with E-state index in [0.29, 0.717) is 0 Å². The Morgan fingerprint density at radius 1 is 0.833 bits per heavy atom. The second kappa shape index (κ2) is 10.1. The minimum Gasteiger partial charge on any atom is -0.358 e. The average molecular weight is 418 g/mol. The maximum absolute atomic E-state index is 3.55. The molecule has 0 unspecified atom stereocenters. The topological polar surface area (TPSA) is 0 Å². The van der Waals surface area contributed by atoms with Crippen molar-refractivity contribution in [2.24, 2.45) is 10.8 Å². The summed E-state index contributed by atoms with van der Waals surface area (Å²) in [6.07, 6.45) is 6.96. The first-order chi connectivity index (χ1) is 5.71. The van der Waals surface area contributed by atoms with E-state index in [1.54, 1.807) is 0 Å². The van der Waals surface area contributed by atoms with E-state index >= 15 is 0 Å². The zero-order valence-corrected chi connectivity index (χ0v) is 17.4. The molecule has 0 spiro atoms. The van der Waals surface area contributed by atoms with Crippen molar-refractivity contribution in [3.05, 3.63) is 53.0 Å². The molecular weight excluding hydrogens is 385 g/mol. The first-order valence-corrected chi connectivity index (χ1v) is 5.05. The summed E-state index contributed by atoms with van der Waals surface area (Å²) in [4.78, 5) is 0. The van der Waals surface area contributed by atoms with Gasteiger partial charge in [-0.15, -0.1) is 0 Å². The summed E-state index contributed by atoms with van der Waals surface area (Å²) < 4.78 is 0. The molecule has 0 aromatic carbocycles. The molecule has 1 aliphatic carbocycles. The molecule has 1 heteroatoms. The van der Waals surface area contributed by atoms with E-state index in [-0.39, 0.29) is 62.9 Å². The van der Waals surface area contributed by atoms with E-state index in [0.717, 1.165) is 6.42 Å². The van der Waals surface area contributed by atoms with Crippen LogP contribution in [0.1, 0.15) is 48.0 Å². The van der Waals surface area contributed by atoms with Crippen LogP contribution in [0.25, 0.3) is 0 Å². The Morgan fingerprint density at radius 2 is 1.22 bits per heavy atom. The van der Waals surface area contributed by atoms with Crippen LogP contribution in [-0.4, -0.2) is 0 Å². The Morgan fingerprint density at radius 3 is 1.39 bits per heavy atom. The smallest absolute Gasteiger partial charge is 0.358 e. The molecular formula is C17H33Ta. The van der Waals surface area contributed by atoms with Crippen LogP contribution in [-0.2, 0) is 22.4 Å². The van der Waals surface area contributed by atoms with E-state index in [9.17, 15) is 0 Å². The predicted octanol–water partition coefficient (Wildman–Crippen LogP) is 5.94. The van der Waals surface area contributed by atoms with E-state index in [2.05, 4.69) is 53.7 Å². The molecule has 0 heterocycles. The fourth-order valence-electron chi connectivity index (χ4n) is 1.46. The van der Waals surface area contributed by atoms with Gasteiger partial charge in [0.25, 0.3) is 0 Å². The fraction of sp³-hybridized carbons (Fsp3) is 0.529. The monoisotopic (exact) mass is 418 g/mol. The van der Waals surface area contributed by atoms with Gasteiger partial charge in [0.2, 0.25) is 0 Å². The number of hydrogen-bond acceptors (Lipinski definition) is 0. The molecule has 0 fully saturated rings. The van der Waals surface area contributed by atoms with Crippen molar-refractivity contribution in [2.75, 3.05) is 0 Å². The summed E-state index contributed by atoms with van der Waals surface area (Å²) in [6.45, 7) is 13.5. The largest absolute Gasteiger partial charge is 5.00 e. The van der Waals surface area contributed by atoms with Gasteiger partial charge >= 0.3 is 22.4 Å². The summed E-state index contributed by atoms with van der Waals surface area (Å²) in [7, 11) is 0. The summed E-state index contributed by atoms with van der Waals surface area (Å²) in [5, 5.41) is 0. The Labute approximate surface area is 134 Å². The quantitative estimate of drug-likeness (QED) is 0.428. The minimum atomic E-state index is 0. The zero-order chi connectivity index (χ0) is 10.3. The molecule has 0 aromatic heterocycles. The Balaban J connectivity index is -0.000000113. The van der Waals surface area contributed by atoms with Crippen molar-refractivity contribution in [1.82, 2.24) is 0 Å². The second-order valence-electron chi connectivity index (χ2n) is 5.93. The van der Waals surface area contributed by atoms with Gasteiger partial charge in [0, 0.05) is 0 Å². The van der Waals surface area contributed by atoms with Crippen molar-refractivity contribution >= 4 is 0 Å². The molecule has 18 heavy (non-hydrogen) atoms. The molecule has 0 saturated carbocycles. The number of allylic oxidation sites excluding steroid dienone is 4. The molecule has 0 amide bonds. The summed E-state index contributed by atoms with van der Waals surface area (Å²) in [6, 6.07) is 0. The van der Waals surface area contributed by atoms with Crippen LogP contribution >= 0.6 is 0 Å². The van der Waals surface area contributed by atoms with Crippen LogP contribution in [0.5, 0.6) is 0 Å². The average Bonchev–Trinajstić information content (AvgIpc) is 2.28. The Hall–Kier alpha value is 0.220. The molecule has 0 nitrogen and oxygen atoms in total. The third-order valence-corrected chi connectivity index (χ3v) is 2.51. The van der Waals surface area contributed by atoms with Gasteiger partial charge in [-0.2, -0.15) is 5.57 Å². The summed E-state index contributed by atoms with van der Waals surface area (Å²) in [5.41, 5.74) is 3.35. The zero-order valence-electron chi connectivity index (χ0n) is 14.2. The van der Waals surface area contributed by atoms with Crippen LogP contribution in [0.4, 0.5) is 0 Å². The molecule has 0 aliphatic heterocycles. The van der Waals surface area contributed by atoms with E-state index in [4.69, 9.17) is 0 Å². The maximum Gasteiger partial charge on any atom is 5.00 e. The number of rotatable bonds is 0. The van der Waals surface area contributed by atoms with Crippen LogP contribution in [0, 0.1) is 46.6 Å². The molecule has 0 bridgehead atoms. The van der Waals surface area contributed by atoms with Crippen LogP contribution in [0.2, 0.25) is 0 Å². The third kappa shape index (κ3) is 8.34. The van der Waals surface area contributed by atoms with Gasteiger partial charge in [-0.3, -0.25) is 0 Å². The summed E-state index contributed by atoms with van der Waals surface area (Å²) >= 11 is 0. The van der Waals surface area contributed by atoms with Gasteiger partial charge in [0.1, 0.15) is 0 Å². The summed E-state index contributed by atoms with van der Waals surface area (Å²) in [5.74, 6) is 0. The molecule has 1 rings (SSSR count). The Kier molecular flexibility index (Phi) is 17.3. The van der Waals surface area contributed by atoms with Crippen LogP contribution < -0.4 is 0 Å². The molecule has 0 saturated heterocycles. The third-order valence-electron chi connectivity index (χ3n) is 2.51. The standard InChI is InChI=1S/C13H21.4CH3.Ta/c1-12(2,3)10-7-8-11(9-10)13(4,5)6;;;;;/h7H,8H2,1-6H3;4*1H3;/q5*-1;+5. The van der Waals surface area contributed by atoms with Crippen LogP contribution in [0.15, 0.2) is 17.2 Å². The normalized spacial score (nSPS) is 13.4. The van der Waals surface area contributed by atoms with Crippen molar-refractivity contribution in [1.29, 1.82) is 0 Å². The number of hydrogen-bond donors (Lipinski definition) is 0. The van der Waals surface area contributed by atoms with Crippen molar-refractivity contribution < 1.29 is 22.4 Å². The first kappa shape index (κ1) is 30.9. The van der Waals surface area contributed by atoms with E-state index < -0.39 is 0 Å². The van der Waals surface area contributed by atoms with Gasteiger partial charge in [0.15, 0.2) is 0 Å². The molecule has 106 valence electrons. The Bertz CT molecular complexity index is 256.